The number of likely N-dealkylation sites (tertiary alicyclic amines) is 1. The van der Waals surface area contributed by atoms with Gasteiger partial charge in [0, 0.05) is 30.4 Å². The summed E-state index contributed by atoms with van der Waals surface area (Å²) >= 11 is 6.03. The van der Waals surface area contributed by atoms with Gasteiger partial charge in [-0.15, -0.1) is 10.2 Å². The van der Waals surface area contributed by atoms with Crippen LogP contribution in [0, 0.1) is 0 Å². The number of halogens is 1. The molecule has 22 heavy (non-hydrogen) atoms. The van der Waals surface area contributed by atoms with Crippen molar-refractivity contribution in [2.45, 2.75) is 19.8 Å². The summed E-state index contributed by atoms with van der Waals surface area (Å²) < 4.78 is 0. The Bertz CT molecular complexity index is 757. The standard InChI is InChI=1S/C15H15ClN4O2/c1-9(21)17-13-11-8-10(16)4-5-12(11)18-19-14(13)15(22)20-6-2-3-7-20/h4-5,8H,2-3,6-7H2,1H3,(H,17,18,21). The van der Waals surface area contributed by atoms with Crippen molar-refractivity contribution < 1.29 is 9.59 Å². The zero-order valence-corrected chi connectivity index (χ0v) is 12.9. The Morgan fingerprint density at radius 2 is 1.95 bits per heavy atom. The van der Waals surface area contributed by atoms with Crippen LogP contribution in [0.3, 0.4) is 0 Å². The summed E-state index contributed by atoms with van der Waals surface area (Å²) in [5.41, 5.74) is 1.11. The van der Waals surface area contributed by atoms with Crippen molar-refractivity contribution in [2.24, 2.45) is 0 Å². The smallest absolute Gasteiger partial charge is 0.276 e. The van der Waals surface area contributed by atoms with E-state index in [4.69, 9.17) is 11.6 Å². The second-order valence-electron chi connectivity index (χ2n) is 5.27. The third kappa shape index (κ3) is 2.74. The third-order valence-electron chi connectivity index (χ3n) is 3.62. The zero-order valence-electron chi connectivity index (χ0n) is 12.1. The summed E-state index contributed by atoms with van der Waals surface area (Å²) in [6, 6.07) is 5.08. The van der Waals surface area contributed by atoms with Crippen molar-refractivity contribution in [1.82, 2.24) is 15.1 Å². The summed E-state index contributed by atoms with van der Waals surface area (Å²) in [5.74, 6) is -0.486. The predicted octanol–water partition coefficient (Wildman–Crippen LogP) is 2.48. The SMILES string of the molecule is CC(=O)Nc1c(C(=O)N2CCCC2)nnc2ccc(Cl)cc12. The Labute approximate surface area is 132 Å². The second kappa shape index (κ2) is 5.88. The molecule has 0 unspecified atom stereocenters. The largest absolute Gasteiger partial charge is 0.337 e. The first-order valence-electron chi connectivity index (χ1n) is 7.09. The van der Waals surface area contributed by atoms with Crippen molar-refractivity contribution in [2.75, 3.05) is 18.4 Å². The zero-order chi connectivity index (χ0) is 15.7. The van der Waals surface area contributed by atoms with Crippen LogP contribution >= 0.6 is 11.6 Å². The fourth-order valence-electron chi connectivity index (χ4n) is 2.60. The normalized spacial score (nSPS) is 14.4. The van der Waals surface area contributed by atoms with E-state index in [9.17, 15) is 9.59 Å². The Morgan fingerprint density at radius 3 is 2.64 bits per heavy atom. The molecule has 0 aliphatic carbocycles. The molecule has 2 heterocycles. The number of nitrogens with one attached hydrogen (secondary N) is 1. The lowest BCUT2D eigenvalue weighted by atomic mass is 10.1. The highest BCUT2D eigenvalue weighted by Crippen LogP contribution is 2.28. The van der Waals surface area contributed by atoms with Crippen LogP contribution in [0.1, 0.15) is 30.3 Å². The maximum absolute atomic E-state index is 12.6. The van der Waals surface area contributed by atoms with Crippen LogP contribution in [0.5, 0.6) is 0 Å². The molecule has 1 aliphatic rings. The van der Waals surface area contributed by atoms with Gasteiger partial charge in [0.15, 0.2) is 5.69 Å². The Kier molecular flexibility index (Phi) is 3.94. The number of rotatable bonds is 2. The molecule has 3 rings (SSSR count). The van der Waals surface area contributed by atoms with Gasteiger partial charge >= 0.3 is 0 Å². The van der Waals surface area contributed by atoms with Crippen LogP contribution in [0.25, 0.3) is 10.9 Å². The lowest BCUT2D eigenvalue weighted by Gasteiger charge is -2.17. The molecule has 2 amide bonds. The summed E-state index contributed by atoms with van der Waals surface area (Å²) in [7, 11) is 0. The van der Waals surface area contributed by atoms with Crippen LogP contribution in [0.15, 0.2) is 18.2 Å². The number of aromatic nitrogens is 2. The van der Waals surface area contributed by atoms with Crippen LogP contribution in [0.4, 0.5) is 5.69 Å². The second-order valence-corrected chi connectivity index (χ2v) is 5.70. The van der Waals surface area contributed by atoms with Crippen molar-refractivity contribution in [3.05, 3.63) is 28.9 Å². The minimum absolute atomic E-state index is 0.159. The first-order chi connectivity index (χ1) is 10.6. The maximum atomic E-state index is 12.6. The van der Waals surface area contributed by atoms with Gasteiger partial charge in [0.2, 0.25) is 5.91 Å². The highest BCUT2D eigenvalue weighted by molar-refractivity contribution is 6.31. The van der Waals surface area contributed by atoms with Crippen LogP contribution in [0.2, 0.25) is 5.02 Å². The average Bonchev–Trinajstić information content (AvgIpc) is 3.01. The average molecular weight is 319 g/mol. The molecule has 1 aliphatic heterocycles. The van der Waals surface area contributed by atoms with Gasteiger partial charge in [0.1, 0.15) is 0 Å². The molecule has 1 aromatic heterocycles. The Balaban J connectivity index is 2.15. The molecule has 0 radical (unpaired) electrons. The quantitative estimate of drug-likeness (QED) is 0.923. The van der Waals surface area contributed by atoms with E-state index < -0.39 is 0 Å². The van der Waals surface area contributed by atoms with Crippen LogP contribution in [-0.4, -0.2) is 40.0 Å². The molecule has 1 N–H and O–H groups in total. The fraction of sp³-hybridized carbons (Fsp3) is 0.333. The van der Waals surface area contributed by atoms with E-state index >= 15 is 0 Å². The van der Waals surface area contributed by atoms with Crippen LogP contribution in [-0.2, 0) is 4.79 Å². The van der Waals surface area contributed by atoms with E-state index in [-0.39, 0.29) is 17.5 Å². The summed E-state index contributed by atoms with van der Waals surface area (Å²) in [4.78, 5) is 25.9. The monoisotopic (exact) mass is 318 g/mol. The van der Waals surface area contributed by atoms with Gasteiger partial charge in [-0.2, -0.15) is 0 Å². The Morgan fingerprint density at radius 1 is 1.23 bits per heavy atom. The van der Waals surface area contributed by atoms with E-state index in [1.165, 1.54) is 6.92 Å². The molecule has 114 valence electrons. The van der Waals surface area contributed by atoms with Gasteiger partial charge in [-0.25, -0.2) is 0 Å². The fourth-order valence-corrected chi connectivity index (χ4v) is 2.77. The summed E-state index contributed by atoms with van der Waals surface area (Å²) in [6.45, 7) is 2.79. The van der Waals surface area contributed by atoms with Gasteiger partial charge < -0.3 is 10.2 Å². The lowest BCUT2D eigenvalue weighted by molar-refractivity contribution is -0.114. The third-order valence-corrected chi connectivity index (χ3v) is 3.85. The van der Waals surface area contributed by atoms with Gasteiger partial charge in [0.05, 0.1) is 11.2 Å². The lowest BCUT2D eigenvalue weighted by Crippen LogP contribution is -2.30. The first-order valence-corrected chi connectivity index (χ1v) is 7.47. The number of benzene rings is 1. The first kappa shape index (κ1) is 14.7. The number of hydrogen-bond acceptors (Lipinski definition) is 4. The molecule has 6 nitrogen and oxygen atoms in total. The van der Waals surface area contributed by atoms with Gasteiger partial charge in [-0.1, -0.05) is 11.6 Å². The molecule has 2 aromatic rings. The topological polar surface area (TPSA) is 75.2 Å². The van der Waals surface area contributed by atoms with E-state index in [2.05, 4.69) is 15.5 Å². The Hall–Kier alpha value is -2.21. The highest BCUT2D eigenvalue weighted by Gasteiger charge is 2.25. The predicted molar refractivity (Wildman–Crippen MR) is 84.0 cm³/mol. The van der Waals surface area contributed by atoms with E-state index in [1.54, 1.807) is 23.1 Å². The number of hydrogen-bond donors (Lipinski definition) is 1. The number of carbonyl (C=O) groups excluding carboxylic acids is 2. The molecular weight excluding hydrogens is 304 g/mol. The minimum Gasteiger partial charge on any atom is -0.337 e. The molecule has 1 aromatic carbocycles. The van der Waals surface area contributed by atoms with E-state index in [0.717, 1.165) is 12.8 Å². The molecule has 0 bridgehead atoms. The molecule has 0 saturated carbocycles. The number of amides is 2. The molecule has 1 saturated heterocycles. The molecule has 7 heteroatoms. The van der Waals surface area contributed by atoms with Crippen molar-refractivity contribution in [3.8, 4) is 0 Å². The van der Waals surface area contributed by atoms with Crippen LogP contribution < -0.4 is 5.32 Å². The molecule has 1 fully saturated rings. The summed E-state index contributed by atoms with van der Waals surface area (Å²) in [6.07, 6.45) is 1.96. The molecular formula is C15H15ClN4O2. The highest BCUT2D eigenvalue weighted by atomic mass is 35.5. The van der Waals surface area contributed by atoms with E-state index in [1.807, 2.05) is 0 Å². The van der Waals surface area contributed by atoms with E-state index in [0.29, 0.717) is 34.7 Å². The van der Waals surface area contributed by atoms with Gasteiger partial charge in [-0.05, 0) is 31.0 Å². The summed E-state index contributed by atoms with van der Waals surface area (Å²) in [5, 5.41) is 11.9. The number of nitrogens with zero attached hydrogens (tertiary/aromatic N) is 3. The number of fused-ring (bicyclic) bond motifs is 1. The van der Waals surface area contributed by atoms with Crippen molar-refractivity contribution in [3.63, 3.8) is 0 Å². The van der Waals surface area contributed by atoms with Crippen molar-refractivity contribution in [1.29, 1.82) is 0 Å². The maximum Gasteiger partial charge on any atom is 0.276 e. The van der Waals surface area contributed by atoms with Crippen molar-refractivity contribution >= 4 is 40.0 Å². The number of carbonyl (C=O) groups is 2. The van der Waals surface area contributed by atoms with Gasteiger partial charge in [-0.3, -0.25) is 9.59 Å². The minimum atomic E-state index is -0.273. The number of anilines is 1. The molecule has 0 atom stereocenters. The van der Waals surface area contributed by atoms with Gasteiger partial charge in [0.25, 0.3) is 5.91 Å². The molecule has 0 spiro atoms.